The summed E-state index contributed by atoms with van der Waals surface area (Å²) in [5.74, 6) is 1.45. The van der Waals surface area contributed by atoms with Crippen molar-refractivity contribution in [3.8, 4) is 11.4 Å². The predicted octanol–water partition coefficient (Wildman–Crippen LogP) is 2.29. The van der Waals surface area contributed by atoms with E-state index in [0.717, 1.165) is 17.3 Å². The van der Waals surface area contributed by atoms with Crippen LogP contribution in [0, 0.1) is 5.41 Å². The highest BCUT2D eigenvalue weighted by Gasteiger charge is 2.08. The largest absolute Gasteiger partial charge is 0.379 e. The maximum Gasteiger partial charge on any atom is 0.237 e. The summed E-state index contributed by atoms with van der Waals surface area (Å²) in [6.07, 6.45) is 0. The Morgan fingerprint density at radius 2 is 2.06 bits per heavy atom. The molecular formula is C10H11ClN4OS. The average Bonchev–Trinajstić information content (AvgIpc) is 2.76. The minimum Gasteiger partial charge on any atom is -0.379 e. The first-order chi connectivity index (χ1) is 7.75. The third-order valence-corrected chi connectivity index (χ3v) is 2.55. The molecule has 3 N–H and O–H groups in total. The zero-order chi connectivity index (χ0) is 11.4. The summed E-state index contributed by atoms with van der Waals surface area (Å²) in [6.45, 7) is 0. The van der Waals surface area contributed by atoms with Gasteiger partial charge in [-0.3, -0.25) is 5.41 Å². The molecule has 17 heavy (non-hydrogen) atoms. The number of thioether (sulfide) groups is 1. The van der Waals surface area contributed by atoms with Gasteiger partial charge in [-0.2, -0.15) is 4.98 Å². The molecule has 0 saturated heterocycles. The lowest BCUT2D eigenvalue weighted by Gasteiger charge is -1.91. The summed E-state index contributed by atoms with van der Waals surface area (Å²) >= 11 is 1.16. The third kappa shape index (κ3) is 3.76. The Balaban J connectivity index is 0.00000144. The second-order valence-corrected chi connectivity index (χ2v) is 4.05. The number of aromatic nitrogens is 2. The molecule has 0 spiro atoms. The smallest absolute Gasteiger partial charge is 0.237 e. The molecular weight excluding hydrogens is 260 g/mol. The standard InChI is InChI=1S/C10H10N4OS.ClH/c11-10(12)16-6-8-13-9(14-15-8)7-4-2-1-3-5-7;/h1-5H,6H2,(H3,11,12);1H. The van der Waals surface area contributed by atoms with Crippen molar-refractivity contribution >= 4 is 29.3 Å². The molecule has 2 aromatic rings. The van der Waals surface area contributed by atoms with Crippen molar-refractivity contribution in [2.75, 3.05) is 0 Å². The Bertz CT molecular complexity index is 488. The van der Waals surface area contributed by atoms with Crippen LogP contribution in [0.2, 0.25) is 0 Å². The quantitative estimate of drug-likeness (QED) is 0.660. The SMILES string of the molecule is Cl.N=C(N)SCc1nc(-c2ccccc2)no1. The highest BCUT2D eigenvalue weighted by atomic mass is 35.5. The number of benzene rings is 1. The maximum atomic E-state index is 7.07. The lowest BCUT2D eigenvalue weighted by molar-refractivity contribution is 0.392. The molecule has 5 nitrogen and oxygen atoms in total. The van der Waals surface area contributed by atoms with Gasteiger partial charge in [-0.15, -0.1) is 12.4 Å². The fourth-order valence-corrected chi connectivity index (χ4v) is 1.55. The fourth-order valence-electron chi connectivity index (χ4n) is 1.16. The van der Waals surface area contributed by atoms with Gasteiger partial charge in [0.2, 0.25) is 11.7 Å². The van der Waals surface area contributed by atoms with Crippen LogP contribution in [-0.4, -0.2) is 15.3 Å². The molecule has 2 rings (SSSR count). The van der Waals surface area contributed by atoms with Gasteiger partial charge in [-0.25, -0.2) is 0 Å². The van der Waals surface area contributed by atoms with Crippen LogP contribution in [0.1, 0.15) is 5.89 Å². The molecule has 0 fully saturated rings. The van der Waals surface area contributed by atoms with Crippen molar-refractivity contribution in [2.45, 2.75) is 5.75 Å². The number of amidine groups is 1. The first-order valence-corrected chi connectivity index (χ1v) is 5.59. The summed E-state index contributed by atoms with van der Waals surface area (Å²) in [5, 5.41) is 11.0. The molecule has 0 radical (unpaired) electrons. The highest BCUT2D eigenvalue weighted by Crippen LogP contribution is 2.17. The van der Waals surface area contributed by atoms with Crippen molar-refractivity contribution < 1.29 is 4.52 Å². The van der Waals surface area contributed by atoms with E-state index >= 15 is 0 Å². The fraction of sp³-hybridized carbons (Fsp3) is 0.100. The molecule has 0 saturated carbocycles. The van der Waals surface area contributed by atoms with Gasteiger partial charge in [0.15, 0.2) is 5.17 Å². The monoisotopic (exact) mass is 270 g/mol. The van der Waals surface area contributed by atoms with Crippen LogP contribution in [0.5, 0.6) is 0 Å². The lowest BCUT2D eigenvalue weighted by atomic mass is 10.2. The Morgan fingerprint density at radius 1 is 1.35 bits per heavy atom. The Hall–Kier alpha value is -1.53. The van der Waals surface area contributed by atoms with Gasteiger partial charge in [0, 0.05) is 5.56 Å². The van der Waals surface area contributed by atoms with Crippen molar-refractivity contribution in [3.63, 3.8) is 0 Å². The predicted molar refractivity (Wildman–Crippen MR) is 70.2 cm³/mol. The Kier molecular flexibility index (Phi) is 4.99. The number of nitrogens with two attached hydrogens (primary N) is 1. The van der Waals surface area contributed by atoms with Crippen molar-refractivity contribution in [3.05, 3.63) is 36.2 Å². The van der Waals surface area contributed by atoms with Crippen LogP contribution in [0.3, 0.4) is 0 Å². The zero-order valence-electron chi connectivity index (χ0n) is 8.79. The topological polar surface area (TPSA) is 88.8 Å². The molecule has 0 aliphatic rings. The van der Waals surface area contributed by atoms with E-state index in [9.17, 15) is 0 Å². The molecule has 0 bridgehead atoms. The molecule has 0 aliphatic heterocycles. The van der Waals surface area contributed by atoms with E-state index in [1.807, 2.05) is 30.3 Å². The summed E-state index contributed by atoms with van der Waals surface area (Å²) < 4.78 is 5.04. The number of hydrogen-bond acceptors (Lipinski definition) is 5. The number of hydrogen-bond donors (Lipinski definition) is 2. The normalized spacial score (nSPS) is 9.65. The second-order valence-electron chi connectivity index (χ2n) is 3.03. The minimum absolute atomic E-state index is 0. The molecule has 7 heteroatoms. The van der Waals surface area contributed by atoms with E-state index in [1.54, 1.807) is 0 Å². The number of nitrogens with zero attached hydrogens (tertiary/aromatic N) is 2. The van der Waals surface area contributed by atoms with Crippen LogP contribution in [0.15, 0.2) is 34.9 Å². The number of nitrogens with one attached hydrogen (secondary N) is 1. The molecule has 1 heterocycles. The molecule has 0 amide bonds. The van der Waals surface area contributed by atoms with E-state index < -0.39 is 0 Å². The molecule has 1 aromatic carbocycles. The molecule has 0 unspecified atom stereocenters. The van der Waals surface area contributed by atoms with Gasteiger partial charge < -0.3 is 10.3 Å². The number of halogens is 1. The molecule has 90 valence electrons. The van der Waals surface area contributed by atoms with Crippen LogP contribution >= 0.6 is 24.2 Å². The van der Waals surface area contributed by atoms with Crippen LogP contribution in [0.25, 0.3) is 11.4 Å². The first kappa shape index (κ1) is 13.5. The lowest BCUT2D eigenvalue weighted by Crippen LogP contribution is -2.03. The second kappa shape index (κ2) is 6.27. The summed E-state index contributed by atoms with van der Waals surface area (Å²) in [5.41, 5.74) is 6.12. The van der Waals surface area contributed by atoms with Gasteiger partial charge in [0.25, 0.3) is 0 Å². The van der Waals surface area contributed by atoms with Crippen LogP contribution < -0.4 is 5.73 Å². The first-order valence-electron chi connectivity index (χ1n) is 4.60. The minimum atomic E-state index is 0. The summed E-state index contributed by atoms with van der Waals surface area (Å²) in [4.78, 5) is 4.20. The Morgan fingerprint density at radius 3 is 2.71 bits per heavy atom. The molecule has 0 atom stereocenters. The van der Waals surface area contributed by atoms with Crippen LogP contribution in [0.4, 0.5) is 0 Å². The van der Waals surface area contributed by atoms with Gasteiger partial charge in [-0.1, -0.05) is 47.3 Å². The van der Waals surface area contributed by atoms with Gasteiger partial charge in [0.1, 0.15) is 0 Å². The van der Waals surface area contributed by atoms with E-state index in [-0.39, 0.29) is 17.6 Å². The van der Waals surface area contributed by atoms with Crippen LogP contribution in [-0.2, 0) is 5.75 Å². The summed E-state index contributed by atoms with van der Waals surface area (Å²) in [6, 6.07) is 9.57. The molecule has 0 aliphatic carbocycles. The average molecular weight is 271 g/mol. The molecule has 1 aromatic heterocycles. The summed E-state index contributed by atoms with van der Waals surface area (Å²) in [7, 11) is 0. The zero-order valence-corrected chi connectivity index (χ0v) is 10.4. The highest BCUT2D eigenvalue weighted by molar-refractivity contribution is 8.12. The third-order valence-electron chi connectivity index (χ3n) is 1.85. The van der Waals surface area contributed by atoms with Gasteiger partial charge in [-0.05, 0) is 0 Å². The van der Waals surface area contributed by atoms with E-state index in [2.05, 4.69) is 10.1 Å². The van der Waals surface area contributed by atoms with Crippen molar-refractivity contribution in [2.24, 2.45) is 5.73 Å². The van der Waals surface area contributed by atoms with E-state index in [4.69, 9.17) is 15.7 Å². The van der Waals surface area contributed by atoms with E-state index in [1.165, 1.54) is 0 Å². The Labute approximate surface area is 109 Å². The number of rotatable bonds is 3. The van der Waals surface area contributed by atoms with E-state index in [0.29, 0.717) is 17.5 Å². The van der Waals surface area contributed by atoms with Crippen molar-refractivity contribution in [1.82, 2.24) is 10.1 Å². The van der Waals surface area contributed by atoms with Gasteiger partial charge in [0.05, 0.1) is 5.75 Å². The maximum absolute atomic E-state index is 7.07. The van der Waals surface area contributed by atoms with Crippen molar-refractivity contribution in [1.29, 1.82) is 5.41 Å². The van der Waals surface area contributed by atoms with Gasteiger partial charge >= 0.3 is 0 Å².